The molecule has 2 rings (SSSR count). The van der Waals surface area contributed by atoms with E-state index in [1.54, 1.807) is 0 Å². The summed E-state index contributed by atoms with van der Waals surface area (Å²) in [6.07, 6.45) is 0. The summed E-state index contributed by atoms with van der Waals surface area (Å²) in [4.78, 5) is 13.6. The van der Waals surface area contributed by atoms with Crippen LogP contribution in [-0.4, -0.2) is 47.1 Å². The quantitative estimate of drug-likeness (QED) is 0.853. The number of aromatic nitrogens is 2. The first-order chi connectivity index (χ1) is 8.52. The molecule has 2 N–H and O–H groups in total. The maximum Gasteiger partial charge on any atom is 0.137 e. The Morgan fingerprint density at radius 2 is 2.00 bits per heavy atom. The molecule has 1 atom stereocenters. The maximum atomic E-state index is 5.93. The first kappa shape index (κ1) is 13.1. The number of likely N-dealkylation sites (N-methyl/N-ethyl adjacent to an activating group) is 1. The Morgan fingerprint density at radius 1 is 1.28 bits per heavy atom. The van der Waals surface area contributed by atoms with Gasteiger partial charge in [0.25, 0.3) is 0 Å². The Balaban J connectivity index is 2.23. The second-order valence-electron chi connectivity index (χ2n) is 5.03. The molecule has 100 valence electrons. The number of nitrogens with two attached hydrogens (primary N) is 1. The molecule has 0 spiro atoms. The summed E-state index contributed by atoms with van der Waals surface area (Å²) < 4.78 is 0. The lowest BCUT2D eigenvalue weighted by molar-refractivity contribution is 0.199. The Labute approximate surface area is 109 Å². The van der Waals surface area contributed by atoms with Gasteiger partial charge < -0.3 is 10.6 Å². The molecule has 0 radical (unpaired) electrons. The molecule has 2 heterocycles. The van der Waals surface area contributed by atoms with Crippen LogP contribution in [0, 0.1) is 13.8 Å². The van der Waals surface area contributed by atoms with Crippen molar-refractivity contribution in [3.8, 4) is 0 Å². The van der Waals surface area contributed by atoms with Crippen molar-refractivity contribution in [2.75, 3.05) is 36.8 Å². The van der Waals surface area contributed by atoms with Crippen LogP contribution in [0.15, 0.2) is 0 Å². The molecule has 0 amide bonds. The van der Waals surface area contributed by atoms with Gasteiger partial charge >= 0.3 is 0 Å². The Hall–Kier alpha value is -1.36. The fourth-order valence-corrected chi connectivity index (χ4v) is 2.60. The third kappa shape index (κ3) is 2.41. The molecule has 0 saturated carbocycles. The first-order valence-corrected chi connectivity index (χ1v) is 6.62. The van der Waals surface area contributed by atoms with Crippen LogP contribution in [0.5, 0.6) is 0 Å². The maximum absolute atomic E-state index is 5.93. The van der Waals surface area contributed by atoms with Crippen molar-refractivity contribution in [2.24, 2.45) is 0 Å². The Morgan fingerprint density at radius 3 is 2.61 bits per heavy atom. The minimum absolute atomic E-state index is 0.555. The number of nitrogen functional groups attached to an aromatic ring is 1. The van der Waals surface area contributed by atoms with Gasteiger partial charge in [-0.25, -0.2) is 9.97 Å². The monoisotopic (exact) mass is 249 g/mol. The summed E-state index contributed by atoms with van der Waals surface area (Å²) in [5.41, 5.74) is 6.93. The molecule has 1 unspecified atom stereocenters. The van der Waals surface area contributed by atoms with Gasteiger partial charge in [-0.15, -0.1) is 0 Å². The molecule has 0 bridgehead atoms. The number of rotatable bonds is 2. The lowest BCUT2D eigenvalue weighted by atomic mass is 10.1. The smallest absolute Gasteiger partial charge is 0.137 e. The summed E-state index contributed by atoms with van der Waals surface area (Å²) in [6.45, 7) is 12.6. The summed E-state index contributed by atoms with van der Waals surface area (Å²) in [6, 6.07) is 0.555. The van der Waals surface area contributed by atoms with E-state index in [-0.39, 0.29) is 0 Å². The van der Waals surface area contributed by atoms with E-state index in [2.05, 4.69) is 33.6 Å². The zero-order chi connectivity index (χ0) is 13.3. The van der Waals surface area contributed by atoms with Crippen LogP contribution in [0.2, 0.25) is 0 Å². The number of piperazine rings is 1. The molecule has 1 aliphatic heterocycles. The van der Waals surface area contributed by atoms with E-state index in [4.69, 9.17) is 5.73 Å². The molecule has 1 fully saturated rings. The molecule has 1 aromatic heterocycles. The highest BCUT2D eigenvalue weighted by atomic mass is 15.3. The fourth-order valence-electron chi connectivity index (χ4n) is 2.60. The van der Waals surface area contributed by atoms with E-state index in [1.807, 2.05) is 13.8 Å². The van der Waals surface area contributed by atoms with E-state index < -0.39 is 0 Å². The SMILES string of the molecule is CCN1CCN(c2nc(C)nc(N)c2C)CC1C. The third-order valence-corrected chi connectivity index (χ3v) is 3.74. The second-order valence-corrected chi connectivity index (χ2v) is 5.03. The van der Waals surface area contributed by atoms with Crippen LogP contribution in [-0.2, 0) is 0 Å². The van der Waals surface area contributed by atoms with Crippen molar-refractivity contribution < 1.29 is 0 Å². The van der Waals surface area contributed by atoms with Crippen LogP contribution in [0.3, 0.4) is 0 Å². The molecule has 5 heteroatoms. The minimum atomic E-state index is 0.555. The van der Waals surface area contributed by atoms with Crippen molar-refractivity contribution in [2.45, 2.75) is 33.7 Å². The van der Waals surface area contributed by atoms with Crippen LogP contribution in [0.1, 0.15) is 25.2 Å². The van der Waals surface area contributed by atoms with Crippen molar-refractivity contribution in [3.63, 3.8) is 0 Å². The van der Waals surface area contributed by atoms with Crippen LogP contribution < -0.4 is 10.6 Å². The van der Waals surface area contributed by atoms with E-state index in [1.165, 1.54) is 0 Å². The molecule has 5 nitrogen and oxygen atoms in total. The molecular formula is C13H23N5. The first-order valence-electron chi connectivity index (χ1n) is 6.62. The van der Waals surface area contributed by atoms with Gasteiger partial charge in [-0.05, 0) is 27.3 Å². The van der Waals surface area contributed by atoms with Crippen molar-refractivity contribution in [1.82, 2.24) is 14.9 Å². The molecule has 1 aliphatic rings. The number of nitrogens with zero attached hydrogens (tertiary/aromatic N) is 4. The predicted octanol–water partition coefficient (Wildman–Crippen LogP) is 1.21. The third-order valence-electron chi connectivity index (χ3n) is 3.74. The normalized spacial score (nSPS) is 21.3. The molecule has 18 heavy (non-hydrogen) atoms. The van der Waals surface area contributed by atoms with Gasteiger partial charge in [0.2, 0.25) is 0 Å². The molecule has 0 aromatic carbocycles. The number of hydrogen-bond donors (Lipinski definition) is 1. The minimum Gasteiger partial charge on any atom is -0.383 e. The fraction of sp³-hybridized carbons (Fsp3) is 0.692. The Bertz CT molecular complexity index is 432. The van der Waals surface area contributed by atoms with Gasteiger partial charge in [0.05, 0.1) is 0 Å². The van der Waals surface area contributed by atoms with Gasteiger partial charge in [0, 0.05) is 31.2 Å². The standard InChI is InChI=1S/C13H23N5/c1-5-17-6-7-18(8-9(17)2)13-10(3)12(14)15-11(4)16-13/h9H,5-8H2,1-4H3,(H2,14,15,16). The highest BCUT2D eigenvalue weighted by Gasteiger charge is 2.24. The van der Waals surface area contributed by atoms with Crippen LogP contribution in [0.4, 0.5) is 11.6 Å². The van der Waals surface area contributed by atoms with Gasteiger partial charge in [-0.3, -0.25) is 4.90 Å². The van der Waals surface area contributed by atoms with Crippen molar-refractivity contribution in [3.05, 3.63) is 11.4 Å². The molecule has 1 saturated heterocycles. The molecule has 0 aliphatic carbocycles. The van der Waals surface area contributed by atoms with E-state index >= 15 is 0 Å². The molecule has 1 aromatic rings. The number of hydrogen-bond acceptors (Lipinski definition) is 5. The van der Waals surface area contributed by atoms with Gasteiger partial charge in [-0.1, -0.05) is 6.92 Å². The average Bonchev–Trinajstić information content (AvgIpc) is 2.33. The second kappa shape index (κ2) is 5.10. The lowest BCUT2D eigenvalue weighted by Crippen LogP contribution is -2.52. The lowest BCUT2D eigenvalue weighted by Gasteiger charge is -2.40. The topological polar surface area (TPSA) is 58.3 Å². The zero-order valence-corrected chi connectivity index (χ0v) is 11.8. The highest BCUT2D eigenvalue weighted by Crippen LogP contribution is 2.23. The summed E-state index contributed by atoms with van der Waals surface area (Å²) >= 11 is 0. The van der Waals surface area contributed by atoms with Crippen molar-refractivity contribution >= 4 is 11.6 Å². The Kier molecular flexibility index (Phi) is 3.71. The van der Waals surface area contributed by atoms with Gasteiger partial charge in [0.15, 0.2) is 0 Å². The van der Waals surface area contributed by atoms with Gasteiger partial charge in [0.1, 0.15) is 17.5 Å². The largest absolute Gasteiger partial charge is 0.383 e. The highest BCUT2D eigenvalue weighted by molar-refractivity contribution is 5.56. The molecular weight excluding hydrogens is 226 g/mol. The predicted molar refractivity (Wildman–Crippen MR) is 74.8 cm³/mol. The van der Waals surface area contributed by atoms with Gasteiger partial charge in [-0.2, -0.15) is 0 Å². The average molecular weight is 249 g/mol. The summed E-state index contributed by atoms with van der Waals surface area (Å²) in [5.74, 6) is 2.35. The summed E-state index contributed by atoms with van der Waals surface area (Å²) in [5, 5.41) is 0. The van der Waals surface area contributed by atoms with E-state index in [0.717, 1.165) is 43.4 Å². The van der Waals surface area contributed by atoms with Crippen molar-refractivity contribution in [1.29, 1.82) is 0 Å². The zero-order valence-electron chi connectivity index (χ0n) is 11.8. The van der Waals surface area contributed by atoms with E-state index in [9.17, 15) is 0 Å². The van der Waals surface area contributed by atoms with Crippen LogP contribution in [0.25, 0.3) is 0 Å². The summed E-state index contributed by atoms with van der Waals surface area (Å²) in [7, 11) is 0. The van der Waals surface area contributed by atoms with E-state index in [0.29, 0.717) is 11.9 Å². The number of anilines is 2. The number of aryl methyl sites for hydroxylation is 1. The van der Waals surface area contributed by atoms with Crippen LogP contribution >= 0.6 is 0 Å².